The topological polar surface area (TPSA) is 118 Å². The summed E-state index contributed by atoms with van der Waals surface area (Å²) in [7, 11) is 0. The van der Waals surface area contributed by atoms with E-state index in [1.807, 2.05) is 59.5 Å². The molecule has 44 heavy (non-hydrogen) atoms. The highest BCUT2D eigenvalue weighted by Gasteiger charge is 2.28. The Bertz CT molecular complexity index is 2200. The predicted octanol–water partition coefficient (Wildman–Crippen LogP) is 6.99. The minimum absolute atomic E-state index is 0.245. The number of hydrogen-bond acceptors (Lipinski definition) is 10. The van der Waals surface area contributed by atoms with Crippen molar-refractivity contribution in [2.24, 2.45) is 10.2 Å². The van der Waals surface area contributed by atoms with Gasteiger partial charge in [0, 0.05) is 47.1 Å². The van der Waals surface area contributed by atoms with Gasteiger partial charge in [-0.2, -0.15) is 15.3 Å². The molecule has 6 heterocycles. The van der Waals surface area contributed by atoms with E-state index in [1.54, 1.807) is 43.3 Å². The fourth-order valence-electron chi connectivity index (χ4n) is 5.53. The van der Waals surface area contributed by atoms with Gasteiger partial charge in [-0.15, -0.1) is 5.10 Å². The molecule has 7 aromatic rings. The minimum atomic E-state index is 0.245. The van der Waals surface area contributed by atoms with Crippen LogP contribution >= 0.6 is 0 Å². The van der Waals surface area contributed by atoms with Crippen molar-refractivity contribution in [1.82, 2.24) is 35.1 Å². The largest absolute Gasteiger partial charge is 0.299 e. The first-order chi connectivity index (χ1) is 21.8. The van der Waals surface area contributed by atoms with Gasteiger partial charge in [0.1, 0.15) is 12.4 Å². The van der Waals surface area contributed by atoms with Crippen LogP contribution in [0, 0.1) is 0 Å². The van der Waals surface area contributed by atoms with Gasteiger partial charge in [0.2, 0.25) is 0 Å². The van der Waals surface area contributed by atoms with E-state index in [1.165, 1.54) is 0 Å². The number of aromatic nitrogens is 7. The van der Waals surface area contributed by atoms with E-state index in [4.69, 9.17) is 19.9 Å². The summed E-state index contributed by atoms with van der Waals surface area (Å²) in [6.45, 7) is 0.245. The highest BCUT2D eigenvalue weighted by atomic mass is 15.4. The second-order valence-electron chi connectivity index (χ2n) is 10.0. The molecule has 0 spiro atoms. The molecule has 10 nitrogen and oxygen atoms in total. The number of pyridine rings is 3. The zero-order chi connectivity index (χ0) is 29.3. The normalized spacial score (nSPS) is 12.9. The van der Waals surface area contributed by atoms with Gasteiger partial charge >= 0.3 is 0 Å². The van der Waals surface area contributed by atoms with Crippen LogP contribution in [0.3, 0.4) is 0 Å². The molecule has 0 saturated heterocycles. The Kier molecular flexibility index (Phi) is 6.26. The molecule has 0 aliphatic carbocycles. The monoisotopic (exact) mass is 570 g/mol. The van der Waals surface area contributed by atoms with Gasteiger partial charge in [0.15, 0.2) is 11.6 Å². The van der Waals surface area contributed by atoms with Gasteiger partial charge in [-0.1, -0.05) is 42.5 Å². The first-order valence-electron chi connectivity index (χ1n) is 14.0. The molecule has 5 aromatic heterocycles. The van der Waals surface area contributed by atoms with Gasteiger partial charge < -0.3 is 0 Å². The Hall–Kier alpha value is -6.29. The smallest absolute Gasteiger partial charge is 0.162 e. The second kappa shape index (κ2) is 10.8. The van der Waals surface area contributed by atoms with Gasteiger partial charge in [0.25, 0.3) is 0 Å². The lowest BCUT2D eigenvalue weighted by Gasteiger charge is -2.27. The first-order valence-corrected chi connectivity index (χ1v) is 14.0. The first kappa shape index (κ1) is 25.4. The van der Waals surface area contributed by atoms with Crippen LogP contribution in [0.1, 0.15) is 5.69 Å². The fourth-order valence-corrected chi connectivity index (χ4v) is 5.53. The maximum absolute atomic E-state index is 5.37. The van der Waals surface area contributed by atoms with E-state index in [0.717, 1.165) is 49.8 Å². The summed E-state index contributed by atoms with van der Waals surface area (Å²) in [6.07, 6.45) is 10.4. The number of benzene rings is 2. The molecule has 0 saturated carbocycles. The molecule has 0 bridgehead atoms. The van der Waals surface area contributed by atoms with Crippen LogP contribution < -0.4 is 4.90 Å². The summed E-state index contributed by atoms with van der Waals surface area (Å²) >= 11 is 0. The van der Waals surface area contributed by atoms with E-state index in [-0.39, 0.29) is 6.67 Å². The maximum Gasteiger partial charge on any atom is 0.162 e. The Morgan fingerprint density at radius 3 is 2.43 bits per heavy atom. The average Bonchev–Trinajstić information content (AvgIpc) is 3.11. The third-order valence-electron chi connectivity index (χ3n) is 7.49. The SMILES string of the molecule is C1=C(c2nc(-c3ccc4ccccc4n3)c3cccc(-c4ccncc4)c3c2-c2ncccn2)N(c2cccnn2)CN=N1. The third-order valence-corrected chi connectivity index (χ3v) is 7.49. The van der Waals surface area contributed by atoms with Gasteiger partial charge in [-0.05, 0) is 53.6 Å². The summed E-state index contributed by atoms with van der Waals surface area (Å²) in [6, 6.07) is 27.9. The molecule has 1 aliphatic rings. The molecule has 0 fully saturated rings. The standard InChI is InChI=1S/C34H22N10/c1-2-9-26-23(6-1)11-12-27(41-26)32-25-8-3-7-24(22-13-18-35-19-14-22)30(25)31(34-36-15-5-16-37-34)33(42-32)28-20-39-40-21-44(28)29-10-4-17-38-43-29/h1-20H,21H2. The highest BCUT2D eigenvalue weighted by molar-refractivity contribution is 6.13. The number of nitrogens with zero attached hydrogens (tertiary/aromatic N) is 10. The molecule has 0 radical (unpaired) electrons. The van der Waals surface area contributed by atoms with Crippen LogP contribution in [0.25, 0.3) is 61.3 Å². The van der Waals surface area contributed by atoms with Gasteiger partial charge in [0.05, 0.1) is 34.4 Å². The molecule has 8 rings (SSSR count). The molecule has 0 unspecified atom stereocenters. The zero-order valence-corrected chi connectivity index (χ0v) is 23.2. The van der Waals surface area contributed by atoms with Crippen molar-refractivity contribution in [3.63, 3.8) is 0 Å². The fraction of sp³-hybridized carbons (Fsp3) is 0.0294. The number of hydrogen-bond donors (Lipinski definition) is 0. The number of rotatable bonds is 5. The molecule has 1 aliphatic heterocycles. The van der Waals surface area contributed by atoms with E-state index in [9.17, 15) is 0 Å². The average molecular weight is 571 g/mol. The number of anilines is 1. The summed E-state index contributed by atoms with van der Waals surface area (Å²) in [5.74, 6) is 1.15. The van der Waals surface area contributed by atoms with Crippen LogP contribution in [0.15, 0.2) is 132 Å². The molecular formula is C34H22N10. The van der Waals surface area contributed by atoms with Crippen molar-refractivity contribution in [2.75, 3.05) is 11.6 Å². The third kappa shape index (κ3) is 4.42. The summed E-state index contributed by atoms with van der Waals surface area (Å²) < 4.78 is 0. The Morgan fingerprint density at radius 2 is 1.57 bits per heavy atom. The van der Waals surface area contributed by atoms with Crippen LogP contribution in [0.4, 0.5) is 5.82 Å². The van der Waals surface area contributed by atoms with Crippen molar-refractivity contribution in [1.29, 1.82) is 0 Å². The lowest BCUT2D eigenvalue weighted by Crippen LogP contribution is -2.25. The number of para-hydroxylation sites is 1. The van der Waals surface area contributed by atoms with Crippen LogP contribution in [-0.2, 0) is 0 Å². The van der Waals surface area contributed by atoms with Crippen LogP contribution in [0.2, 0.25) is 0 Å². The molecular weight excluding hydrogens is 548 g/mol. The predicted molar refractivity (Wildman–Crippen MR) is 169 cm³/mol. The van der Waals surface area contributed by atoms with Crippen LogP contribution in [0.5, 0.6) is 0 Å². The van der Waals surface area contributed by atoms with Crippen molar-refractivity contribution in [2.45, 2.75) is 0 Å². The number of fused-ring (bicyclic) bond motifs is 2. The van der Waals surface area contributed by atoms with E-state index in [2.05, 4.69) is 49.7 Å². The van der Waals surface area contributed by atoms with Gasteiger partial charge in [-0.25, -0.2) is 19.9 Å². The molecule has 0 amide bonds. The molecule has 208 valence electrons. The van der Waals surface area contributed by atoms with Crippen molar-refractivity contribution >= 4 is 33.2 Å². The molecule has 0 N–H and O–H groups in total. The van der Waals surface area contributed by atoms with Crippen molar-refractivity contribution in [3.8, 4) is 33.9 Å². The Labute approximate surface area is 251 Å². The zero-order valence-electron chi connectivity index (χ0n) is 23.2. The molecule has 10 heteroatoms. The second-order valence-corrected chi connectivity index (χ2v) is 10.0. The minimum Gasteiger partial charge on any atom is -0.299 e. The van der Waals surface area contributed by atoms with E-state index < -0.39 is 0 Å². The Morgan fingerprint density at radius 1 is 0.682 bits per heavy atom. The van der Waals surface area contributed by atoms with Crippen molar-refractivity contribution < 1.29 is 0 Å². The quantitative estimate of drug-likeness (QED) is 0.217. The Balaban J connectivity index is 1.52. The summed E-state index contributed by atoms with van der Waals surface area (Å²) in [5, 5.41) is 20.0. The number of azo groups is 1. The van der Waals surface area contributed by atoms with Crippen molar-refractivity contribution in [3.05, 3.63) is 128 Å². The van der Waals surface area contributed by atoms with E-state index >= 15 is 0 Å². The molecule has 2 aromatic carbocycles. The highest BCUT2D eigenvalue weighted by Crippen LogP contribution is 2.43. The van der Waals surface area contributed by atoms with E-state index in [0.29, 0.717) is 23.0 Å². The maximum atomic E-state index is 5.37. The lowest BCUT2D eigenvalue weighted by atomic mass is 9.91. The summed E-state index contributed by atoms with van der Waals surface area (Å²) in [5.41, 5.74) is 6.41. The van der Waals surface area contributed by atoms with Crippen LogP contribution in [-0.4, -0.2) is 41.8 Å². The lowest BCUT2D eigenvalue weighted by molar-refractivity contribution is 0.850. The van der Waals surface area contributed by atoms with Gasteiger partial charge in [-0.3, -0.25) is 9.88 Å². The summed E-state index contributed by atoms with van der Waals surface area (Å²) in [4.78, 5) is 26.1. The molecule has 0 atom stereocenters.